The molecule has 6 nitrogen and oxygen atoms in total. The molecule has 0 fully saturated rings. The second-order valence-electron chi connectivity index (χ2n) is 5.85. The number of carboxylic acid groups (broad SMARTS) is 1. The highest BCUT2D eigenvalue weighted by molar-refractivity contribution is 5.89. The predicted octanol–water partition coefficient (Wildman–Crippen LogP) is 3.69. The molecule has 26 heavy (non-hydrogen) atoms. The fourth-order valence-electron chi connectivity index (χ4n) is 2.93. The van der Waals surface area contributed by atoms with E-state index in [0.717, 1.165) is 28.3 Å². The van der Waals surface area contributed by atoms with Gasteiger partial charge in [0.15, 0.2) is 0 Å². The summed E-state index contributed by atoms with van der Waals surface area (Å²) in [6.07, 6.45) is 5.28. The van der Waals surface area contributed by atoms with Crippen LogP contribution in [0.4, 0.5) is 0 Å². The number of hydrogen-bond acceptors (Lipinski definition) is 3. The third kappa shape index (κ3) is 3.00. The van der Waals surface area contributed by atoms with E-state index in [4.69, 9.17) is 5.11 Å². The first-order chi connectivity index (χ1) is 12.7. The van der Waals surface area contributed by atoms with Crippen LogP contribution in [0.15, 0.2) is 73.3 Å². The minimum Gasteiger partial charge on any atom is -0.478 e. The van der Waals surface area contributed by atoms with Gasteiger partial charge in [-0.25, -0.2) is 14.8 Å². The van der Waals surface area contributed by atoms with Gasteiger partial charge in [0.05, 0.1) is 29.8 Å². The highest BCUT2D eigenvalue weighted by Crippen LogP contribution is 2.31. The summed E-state index contributed by atoms with van der Waals surface area (Å²) < 4.78 is 2.01. The Labute approximate surface area is 149 Å². The number of hydrogen-bond donors (Lipinski definition) is 2. The average Bonchev–Trinajstić information content (AvgIpc) is 3.33. The number of imidazole rings is 2. The van der Waals surface area contributed by atoms with Crippen LogP contribution < -0.4 is 0 Å². The number of aromatic carboxylic acids is 1. The maximum absolute atomic E-state index is 11.1. The first-order valence-electron chi connectivity index (χ1n) is 8.15. The maximum Gasteiger partial charge on any atom is 0.335 e. The van der Waals surface area contributed by atoms with Gasteiger partial charge in [0, 0.05) is 23.5 Å². The summed E-state index contributed by atoms with van der Waals surface area (Å²) in [6, 6.07) is 16.8. The highest BCUT2D eigenvalue weighted by Gasteiger charge is 2.16. The zero-order chi connectivity index (χ0) is 17.9. The van der Waals surface area contributed by atoms with Crippen LogP contribution in [-0.2, 0) is 6.54 Å². The molecular weight excluding hydrogens is 328 g/mol. The van der Waals surface area contributed by atoms with Gasteiger partial charge >= 0.3 is 5.97 Å². The van der Waals surface area contributed by atoms with Gasteiger partial charge in [-0.05, 0) is 12.1 Å². The van der Waals surface area contributed by atoms with E-state index in [-0.39, 0.29) is 5.56 Å². The van der Waals surface area contributed by atoms with Crippen LogP contribution in [-0.4, -0.2) is 30.6 Å². The van der Waals surface area contributed by atoms with E-state index in [1.807, 2.05) is 47.0 Å². The molecule has 0 spiro atoms. The summed E-state index contributed by atoms with van der Waals surface area (Å²) in [4.78, 5) is 23.1. The lowest BCUT2D eigenvalue weighted by Gasteiger charge is -2.10. The number of aromatic nitrogens is 4. The van der Waals surface area contributed by atoms with Crippen LogP contribution in [0.25, 0.3) is 22.5 Å². The van der Waals surface area contributed by atoms with E-state index in [1.165, 1.54) is 0 Å². The van der Waals surface area contributed by atoms with E-state index < -0.39 is 5.97 Å². The van der Waals surface area contributed by atoms with Gasteiger partial charge in [0.25, 0.3) is 0 Å². The van der Waals surface area contributed by atoms with Crippen molar-refractivity contribution in [3.63, 3.8) is 0 Å². The molecule has 2 heterocycles. The van der Waals surface area contributed by atoms with E-state index in [1.54, 1.807) is 30.9 Å². The fraction of sp³-hybridized carbons (Fsp3) is 0.0500. The Morgan fingerprint density at radius 2 is 1.77 bits per heavy atom. The van der Waals surface area contributed by atoms with Crippen molar-refractivity contribution in [2.75, 3.05) is 0 Å². The molecule has 4 rings (SSSR count). The molecule has 0 aliphatic heterocycles. The SMILES string of the molecule is O=C(O)c1ccc(-c2c(-c3ccccc3)ncn2Cc2ncc[nH]2)cc1. The van der Waals surface area contributed by atoms with Gasteiger partial charge in [0.1, 0.15) is 5.82 Å². The summed E-state index contributed by atoms with van der Waals surface area (Å²) in [5, 5.41) is 9.13. The number of nitrogens with one attached hydrogen (secondary N) is 1. The first kappa shape index (κ1) is 15.8. The zero-order valence-corrected chi connectivity index (χ0v) is 13.8. The molecule has 2 N–H and O–H groups in total. The third-order valence-corrected chi connectivity index (χ3v) is 4.17. The topological polar surface area (TPSA) is 83.8 Å². The van der Waals surface area contributed by atoms with Crippen molar-refractivity contribution < 1.29 is 9.90 Å². The molecule has 2 aromatic heterocycles. The fourth-order valence-corrected chi connectivity index (χ4v) is 2.93. The Hall–Kier alpha value is -3.67. The van der Waals surface area contributed by atoms with E-state index in [9.17, 15) is 4.79 Å². The predicted molar refractivity (Wildman–Crippen MR) is 97.7 cm³/mol. The molecule has 128 valence electrons. The number of aromatic amines is 1. The molecule has 0 bridgehead atoms. The molecular formula is C20H16N4O2. The molecule has 0 saturated heterocycles. The molecule has 0 unspecified atom stereocenters. The van der Waals surface area contributed by atoms with Gasteiger partial charge < -0.3 is 14.7 Å². The molecule has 0 atom stereocenters. The van der Waals surface area contributed by atoms with Crippen molar-refractivity contribution >= 4 is 5.97 Å². The lowest BCUT2D eigenvalue weighted by atomic mass is 10.0. The van der Waals surface area contributed by atoms with Crippen molar-refractivity contribution in [1.29, 1.82) is 0 Å². The summed E-state index contributed by atoms with van der Waals surface area (Å²) in [6.45, 7) is 0.544. The lowest BCUT2D eigenvalue weighted by molar-refractivity contribution is 0.0697. The minimum absolute atomic E-state index is 0.257. The lowest BCUT2D eigenvalue weighted by Crippen LogP contribution is -2.03. The average molecular weight is 344 g/mol. The van der Waals surface area contributed by atoms with Crippen LogP contribution in [0.3, 0.4) is 0 Å². The van der Waals surface area contributed by atoms with E-state index in [2.05, 4.69) is 15.0 Å². The van der Waals surface area contributed by atoms with Crippen LogP contribution >= 0.6 is 0 Å². The Kier molecular flexibility index (Phi) is 4.07. The number of benzene rings is 2. The van der Waals surface area contributed by atoms with Crippen LogP contribution in [0.1, 0.15) is 16.2 Å². The third-order valence-electron chi connectivity index (χ3n) is 4.17. The van der Waals surface area contributed by atoms with Crippen molar-refractivity contribution in [2.45, 2.75) is 6.54 Å². The Morgan fingerprint density at radius 1 is 1.00 bits per heavy atom. The summed E-state index contributed by atoms with van der Waals surface area (Å²) in [7, 11) is 0. The van der Waals surface area contributed by atoms with Crippen molar-refractivity contribution in [2.24, 2.45) is 0 Å². The normalized spacial score (nSPS) is 10.8. The Morgan fingerprint density at radius 3 is 2.42 bits per heavy atom. The second-order valence-corrected chi connectivity index (χ2v) is 5.85. The van der Waals surface area contributed by atoms with Crippen LogP contribution in [0, 0.1) is 0 Å². The minimum atomic E-state index is -0.941. The molecule has 0 amide bonds. The van der Waals surface area contributed by atoms with Crippen molar-refractivity contribution in [1.82, 2.24) is 19.5 Å². The van der Waals surface area contributed by atoms with Crippen LogP contribution in [0.5, 0.6) is 0 Å². The largest absolute Gasteiger partial charge is 0.478 e. The first-order valence-corrected chi connectivity index (χ1v) is 8.15. The van der Waals surface area contributed by atoms with E-state index >= 15 is 0 Å². The number of carboxylic acids is 1. The van der Waals surface area contributed by atoms with Crippen LogP contribution in [0.2, 0.25) is 0 Å². The van der Waals surface area contributed by atoms with Gasteiger partial charge in [-0.1, -0.05) is 42.5 Å². The number of carbonyl (C=O) groups is 1. The van der Waals surface area contributed by atoms with Gasteiger partial charge in [-0.15, -0.1) is 0 Å². The van der Waals surface area contributed by atoms with Gasteiger partial charge in [-0.2, -0.15) is 0 Å². The molecule has 0 radical (unpaired) electrons. The van der Waals surface area contributed by atoms with Crippen molar-refractivity contribution in [3.8, 4) is 22.5 Å². The molecule has 6 heteroatoms. The molecule has 2 aromatic carbocycles. The van der Waals surface area contributed by atoms with E-state index in [0.29, 0.717) is 6.54 Å². The zero-order valence-electron chi connectivity index (χ0n) is 13.8. The Bertz CT molecular complexity index is 1020. The smallest absolute Gasteiger partial charge is 0.335 e. The van der Waals surface area contributed by atoms with Gasteiger partial charge in [0.2, 0.25) is 0 Å². The molecule has 0 aliphatic rings. The molecule has 0 saturated carbocycles. The quantitative estimate of drug-likeness (QED) is 0.578. The Balaban J connectivity index is 1.83. The van der Waals surface area contributed by atoms with Gasteiger partial charge in [-0.3, -0.25) is 0 Å². The molecule has 0 aliphatic carbocycles. The monoisotopic (exact) mass is 344 g/mol. The summed E-state index contributed by atoms with van der Waals surface area (Å²) in [5.74, 6) is -0.116. The maximum atomic E-state index is 11.1. The number of nitrogens with zero attached hydrogens (tertiary/aromatic N) is 3. The standard InChI is InChI=1S/C20H16N4O2/c25-20(26)16-8-6-15(7-9-16)19-18(14-4-2-1-3-5-14)23-13-24(19)12-17-21-10-11-22-17/h1-11,13H,12H2,(H,21,22)(H,25,26). The summed E-state index contributed by atoms with van der Waals surface area (Å²) >= 11 is 0. The second kappa shape index (κ2) is 6.68. The highest BCUT2D eigenvalue weighted by atomic mass is 16.4. The number of H-pyrrole nitrogens is 1. The summed E-state index contributed by atoms with van der Waals surface area (Å²) in [5.41, 5.74) is 3.93. The molecule has 4 aromatic rings. The van der Waals surface area contributed by atoms with Crippen molar-refractivity contribution in [3.05, 3.63) is 84.7 Å². The number of rotatable bonds is 5.